The molecule has 24 heavy (non-hydrogen) atoms. The van der Waals surface area contributed by atoms with Gasteiger partial charge >= 0.3 is 0 Å². The van der Waals surface area contributed by atoms with E-state index in [-0.39, 0.29) is 5.69 Å². The number of fused-ring (bicyclic) bond motifs is 1. The van der Waals surface area contributed by atoms with Crippen molar-refractivity contribution in [3.63, 3.8) is 0 Å². The summed E-state index contributed by atoms with van der Waals surface area (Å²) in [6.45, 7) is 0. The largest absolute Gasteiger partial charge is 0.495 e. The van der Waals surface area contributed by atoms with Crippen molar-refractivity contribution in [3.8, 4) is 5.75 Å². The Morgan fingerprint density at radius 2 is 2.00 bits per heavy atom. The lowest BCUT2D eigenvalue weighted by molar-refractivity contribution is 0.102. The van der Waals surface area contributed by atoms with Crippen LogP contribution in [0.15, 0.2) is 47.3 Å². The number of aromatic nitrogens is 2. The highest BCUT2D eigenvalue weighted by Gasteiger charge is 2.16. The van der Waals surface area contributed by atoms with Crippen molar-refractivity contribution >= 4 is 34.2 Å². The minimum absolute atomic E-state index is 0.178. The van der Waals surface area contributed by atoms with Crippen molar-refractivity contribution in [1.29, 1.82) is 0 Å². The lowest BCUT2D eigenvalue weighted by Crippen LogP contribution is -2.29. The van der Waals surface area contributed by atoms with Crippen LogP contribution in [0, 0.1) is 0 Å². The zero-order valence-electron chi connectivity index (χ0n) is 13.0. The van der Waals surface area contributed by atoms with Gasteiger partial charge in [-0.3, -0.25) is 9.59 Å². The van der Waals surface area contributed by atoms with Crippen molar-refractivity contribution in [2.75, 3.05) is 12.4 Å². The molecule has 1 heterocycles. The Labute approximate surface area is 142 Å². The van der Waals surface area contributed by atoms with Crippen LogP contribution in [0.5, 0.6) is 5.75 Å². The average molecular weight is 344 g/mol. The Morgan fingerprint density at radius 3 is 2.71 bits per heavy atom. The van der Waals surface area contributed by atoms with E-state index in [0.29, 0.717) is 27.5 Å². The van der Waals surface area contributed by atoms with Crippen LogP contribution >= 0.6 is 11.6 Å². The molecule has 1 N–H and O–H groups in total. The molecule has 0 unspecified atom stereocenters. The van der Waals surface area contributed by atoms with Crippen LogP contribution in [0.2, 0.25) is 5.02 Å². The van der Waals surface area contributed by atoms with Crippen molar-refractivity contribution in [3.05, 3.63) is 63.5 Å². The van der Waals surface area contributed by atoms with Crippen LogP contribution in [0.25, 0.3) is 11.0 Å². The van der Waals surface area contributed by atoms with Crippen molar-refractivity contribution in [1.82, 2.24) is 9.55 Å². The van der Waals surface area contributed by atoms with Gasteiger partial charge < -0.3 is 14.6 Å². The fraction of sp³-hybridized carbons (Fsp3) is 0.118. The quantitative estimate of drug-likeness (QED) is 0.793. The Bertz CT molecular complexity index is 998. The van der Waals surface area contributed by atoms with Gasteiger partial charge in [-0.2, -0.15) is 0 Å². The number of para-hydroxylation sites is 2. The molecule has 0 radical (unpaired) electrons. The van der Waals surface area contributed by atoms with Crippen LogP contribution in [0.1, 0.15) is 10.5 Å². The fourth-order valence-corrected chi connectivity index (χ4v) is 2.62. The maximum absolute atomic E-state index is 12.4. The van der Waals surface area contributed by atoms with E-state index < -0.39 is 11.5 Å². The van der Waals surface area contributed by atoms with Crippen LogP contribution in [0.4, 0.5) is 5.69 Å². The molecule has 3 rings (SSSR count). The smallest absolute Gasteiger partial charge is 0.282 e. The minimum atomic E-state index is -0.595. The van der Waals surface area contributed by atoms with Gasteiger partial charge in [-0.25, -0.2) is 4.98 Å². The van der Waals surface area contributed by atoms with Gasteiger partial charge in [0.2, 0.25) is 0 Å². The number of benzene rings is 2. The van der Waals surface area contributed by atoms with Crippen LogP contribution < -0.4 is 15.6 Å². The molecular weight excluding hydrogens is 330 g/mol. The number of nitrogens with one attached hydrogen (secondary N) is 1. The SMILES string of the molecule is COc1ccc(NC(=O)c2nc3ccccc3n(C)c2=O)cc1Cl. The number of hydrogen-bond donors (Lipinski definition) is 1. The van der Waals surface area contributed by atoms with E-state index in [2.05, 4.69) is 10.3 Å². The lowest BCUT2D eigenvalue weighted by atomic mass is 10.2. The summed E-state index contributed by atoms with van der Waals surface area (Å²) >= 11 is 6.04. The standard InChI is InChI=1S/C17H14ClN3O3/c1-21-13-6-4-3-5-12(13)20-15(17(21)23)16(22)19-10-7-8-14(24-2)11(18)9-10/h3-9H,1-2H3,(H,19,22). The number of anilines is 1. The summed E-state index contributed by atoms with van der Waals surface area (Å²) in [6, 6.07) is 11.9. The van der Waals surface area contributed by atoms with Gasteiger partial charge in [-0.05, 0) is 30.3 Å². The maximum Gasteiger partial charge on any atom is 0.282 e. The predicted octanol–water partition coefficient (Wildman–Crippen LogP) is 2.85. The first-order valence-electron chi connectivity index (χ1n) is 7.12. The first kappa shape index (κ1) is 16.0. The Balaban J connectivity index is 1.98. The average Bonchev–Trinajstić information content (AvgIpc) is 2.58. The van der Waals surface area contributed by atoms with Gasteiger partial charge in [0.15, 0.2) is 5.69 Å². The number of carbonyl (C=O) groups excluding carboxylic acids is 1. The monoisotopic (exact) mass is 343 g/mol. The molecule has 1 amide bonds. The number of carbonyl (C=O) groups is 1. The second-order valence-corrected chi connectivity index (χ2v) is 5.52. The summed E-state index contributed by atoms with van der Waals surface area (Å²) in [6.07, 6.45) is 0. The van der Waals surface area contributed by atoms with Crippen LogP contribution in [-0.4, -0.2) is 22.6 Å². The van der Waals surface area contributed by atoms with E-state index in [9.17, 15) is 9.59 Å². The molecule has 3 aromatic rings. The highest BCUT2D eigenvalue weighted by molar-refractivity contribution is 6.32. The number of methoxy groups -OCH3 is 1. The molecule has 0 spiro atoms. The van der Waals surface area contributed by atoms with Crippen LogP contribution in [-0.2, 0) is 7.05 Å². The number of hydrogen-bond acceptors (Lipinski definition) is 4. The molecule has 0 bridgehead atoms. The third kappa shape index (κ3) is 2.83. The third-order valence-corrected chi connectivity index (χ3v) is 3.90. The number of ether oxygens (including phenoxy) is 1. The van der Waals surface area contributed by atoms with Crippen molar-refractivity contribution < 1.29 is 9.53 Å². The van der Waals surface area contributed by atoms with Gasteiger partial charge in [0.05, 0.1) is 23.2 Å². The van der Waals surface area contributed by atoms with Crippen LogP contribution in [0.3, 0.4) is 0 Å². The molecule has 0 atom stereocenters. The molecule has 6 nitrogen and oxygen atoms in total. The van der Waals surface area contributed by atoms with E-state index >= 15 is 0 Å². The molecular formula is C17H14ClN3O3. The molecule has 122 valence electrons. The molecule has 0 fully saturated rings. The Hall–Kier alpha value is -2.86. The maximum atomic E-state index is 12.4. The topological polar surface area (TPSA) is 73.2 Å². The van der Waals surface area contributed by atoms with E-state index in [1.54, 1.807) is 43.4 Å². The molecule has 1 aromatic heterocycles. The van der Waals surface area contributed by atoms with E-state index in [4.69, 9.17) is 16.3 Å². The van der Waals surface area contributed by atoms with Crippen molar-refractivity contribution in [2.24, 2.45) is 7.05 Å². The van der Waals surface area contributed by atoms with Gasteiger partial charge in [-0.15, -0.1) is 0 Å². The molecule has 0 aliphatic rings. The summed E-state index contributed by atoms with van der Waals surface area (Å²) in [4.78, 5) is 29.0. The second-order valence-electron chi connectivity index (χ2n) is 5.12. The van der Waals surface area contributed by atoms with Gasteiger partial charge in [-0.1, -0.05) is 23.7 Å². The summed E-state index contributed by atoms with van der Waals surface area (Å²) in [5.74, 6) is -0.100. The zero-order valence-corrected chi connectivity index (χ0v) is 13.8. The van der Waals surface area contributed by atoms with Gasteiger partial charge in [0.1, 0.15) is 5.75 Å². The predicted molar refractivity (Wildman–Crippen MR) is 92.9 cm³/mol. The summed E-state index contributed by atoms with van der Waals surface area (Å²) in [5.41, 5.74) is 1.03. The van der Waals surface area contributed by atoms with E-state index in [1.807, 2.05) is 6.07 Å². The highest BCUT2D eigenvalue weighted by Crippen LogP contribution is 2.27. The lowest BCUT2D eigenvalue weighted by Gasteiger charge is -2.09. The molecule has 0 aliphatic carbocycles. The number of nitrogens with zero attached hydrogens (tertiary/aromatic N) is 2. The second kappa shape index (κ2) is 6.33. The minimum Gasteiger partial charge on any atom is -0.495 e. The van der Waals surface area contributed by atoms with Gasteiger partial charge in [0.25, 0.3) is 11.5 Å². The molecule has 0 aliphatic heterocycles. The number of amides is 1. The normalized spacial score (nSPS) is 10.6. The van der Waals surface area contributed by atoms with Crippen molar-refractivity contribution in [2.45, 2.75) is 0 Å². The first-order chi connectivity index (χ1) is 11.5. The molecule has 0 saturated heterocycles. The van der Waals surface area contributed by atoms with E-state index in [1.165, 1.54) is 11.7 Å². The summed E-state index contributed by atoms with van der Waals surface area (Å²) < 4.78 is 6.46. The molecule has 2 aromatic carbocycles. The molecule has 0 saturated carbocycles. The summed E-state index contributed by atoms with van der Waals surface area (Å²) in [5, 5.41) is 2.98. The first-order valence-corrected chi connectivity index (χ1v) is 7.49. The molecule has 7 heteroatoms. The third-order valence-electron chi connectivity index (χ3n) is 3.61. The Morgan fingerprint density at radius 1 is 1.25 bits per heavy atom. The number of aryl methyl sites for hydroxylation is 1. The number of rotatable bonds is 3. The van der Waals surface area contributed by atoms with Gasteiger partial charge in [0, 0.05) is 12.7 Å². The highest BCUT2D eigenvalue weighted by atomic mass is 35.5. The van der Waals surface area contributed by atoms with E-state index in [0.717, 1.165) is 0 Å². The Kier molecular flexibility index (Phi) is 4.22. The zero-order chi connectivity index (χ0) is 17.3. The number of halogens is 1. The summed E-state index contributed by atoms with van der Waals surface area (Å²) in [7, 11) is 3.11. The fourth-order valence-electron chi connectivity index (χ4n) is 2.36.